The highest BCUT2D eigenvalue weighted by atomic mass is 79.9. The summed E-state index contributed by atoms with van der Waals surface area (Å²) < 4.78 is 6.29. The summed E-state index contributed by atoms with van der Waals surface area (Å²) >= 11 is 3.43. The first-order chi connectivity index (χ1) is 13.2. The van der Waals surface area contributed by atoms with Gasteiger partial charge in [-0.2, -0.15) is 0 Å². The lowest BCUT2D eigenvalue weighted by Gasteiger charge is -2.32. The van der Waals surface area contributed by atoms with Crippen molar-refractivity contribution in [3.05, 3.63) is 59.3 Å². The second-order valence-corrected chi connectivity index (χ2v) is 7.45. The summed E-state index contributed by atoms with van der Waals surface area (Å²) in [7, 11) is 0. The highest BCUT2D eigenvalue weighted by Crippen LogP contribution is 2.25. The van der Waals surface area contributed by atoms with E-state index in [0.717, 1.165) is 35.4 Å². The molecule has 1 atom stereocenters. The zero-order chi connectivity index (χ0) is 18.6. The second kappa shape index (κ2) is 7.92. The molecule has 138 valence electrons. The summed E-state index contributed by atoms with van der Waals surface area (Å²) in [6, 6.07) is 15.1. The Bertz CT molecular complexity index is 912. The van der Waals surface area contributed by atoms with Crippen LogP contribution in [0.5, 0.6) is 0 Å². The fourth-order valence-corrected chi connectivity index (χ4v) is 3.66. The van der Waals surface area contributed by atoms with Crippen LogP contribution in [0.25, 0.3) is 11.5 Å². The smallest absolute Gasteiger partial charge is 0.229 e. The Kier molecular flexibility index (Phi) is 5.20. The number of halogens is 1. The highest BCUT2D eigenvalue weighted by Gasteiger charge is 2.27. The Morgan fingerprint density at radius 2 is 2.11 bits per heavy atom. The topological polar surface area (TPSA) is 71.3 Å². The minimum Gasteiger partial charge on any atom is -0.463 e. The first-order valence-electron chi connectivity index (χ1n) is 8.88. The van der Waals surface area contributed by atoms with Crippen LogP contribution in [0.15, 0.2) is 63.7 Å². The van der Waals surface area contributed by atoms with Crippen molar-refractivity contribution in [2.75, 3.05) is 23.3 Å². The second-order valence-electron chi connectivity index (χ2n) is 6.54. The molecule has 6 nitrogen and oxygen atoms in total. The van der Waals surface area contributed by atoms with Crippen molar-refractivity contribution in [3.63, 3.8) is 0 Å². The highest BCUT2D eigenvalue weighted by molar-refractivity contribution is 9.10. The van der Waals surface area contributed by atoms with E-state index in [9.17, 15) is 4.79 Å². The van der Waals surface area contributed by atoms with Crippen LogP contribution in [0.4, 0.5) is 11.5 Å². The number of carbonyl (C=O) groups excluding carboxylic acids is 1. The number of aromatic nitrogens is 2. The third-order valence-electron chi connectivity index (χ3n) is 4.63. The lowest BCUT2D eigenvalue weighted by atomic mass is 9.97. The van der Waals surface area contributed by atoms with Crippen LogP contribution in [0.1, 0.15) is 12.8 Å². The molecule has 0 spiro atoms. The van der Waals surface area contributed by atoms with Crippen molar-refractivity contribution < 1.29 is 9.21 Å². The van der Waals surface area contributed by atoms with Gasteiger partial charge in [-0.15, -0.1) is 10.2 Å². The minimum atomic E-state index is -0.0794. The van der Waals surface area contributed by atoms with Gasteiger partial charge in [-0.1, -0.05) is 22.0 Å². The van der Waals surface area contributed by atoms with E-state index in [1.807, 2.05) is 48.5 Å². The molecule has 1 aliphatic rings. The van der Waals surface area contributed by atoms with Gasteiger partial charge in [0, 0.05) is 23.2 Å². The molecule has 0 radical (unpaired) electrons. The molecule has 1 saturated heterocycles. The third-order valence-corrected chi connectivity index (χ3v) is 5.13. The number of nitrogens with zero attached hydrogens (tertiary/aromatic N) is 3. The van der Waals surface area contributed by atoms with Crippen molar-refractivity contribution in [1.29, 1.82) is 0 Å². The largest absolute Gasteiger partial charge is 0.463 e. The molecule has 1 N–H and O–H groups in total. The molecular formula is C20H19BrN4O2. The number of benzene rings is 1. The van der Waals surface area contributed by atoms with E-state index in [1.165, 1.54) is 0 Å². The van der Waals surface area contributed by atoms with Crippen LogP contribution in [-0.2, 0) is 4.79 Å². The molecule has 7 heteroatoms. The lowest BCUT2D eigenvalue weighted by Crippen LogP contribution is -2.41. The summed E-state index contributed by atoms with van der Waals surface area (Å²) in [5, 5.41) is 11.6. The first-order valence-corrected chi connectivity index (χ1v) is 9.67. The Labute approximate surface area is 165 Å². The average Bonchev–Trinajstić information content (AvgIpc) is 3.23. The molecule has 0 bridgehead atoms. The van der Waals surface area contributed by atoms with Gasteiger partial charge in [0.2, 0.25) is 5.91 Å². The number of piperidine rings is 1. The summed E-state index contributed by atoms with van der Waals surface area (Å²) in [5.74, 6) is 1.44. The molecule has 3 heterocycles. The number of carbonyl (C=O) groups is 1. The number of furan rings is 1. The molecule has 1 amide bonds. The minimum absolute atomic E-state index is 0.0398. The molecule has 3 aromatic rings. The van der Waals surface area contributed by atoms with Gasteiger partial charge in [-0.3, -0.25) is 4.79 Å². The molecular weight excluding hydrogens is 408 g/mol. The maximum atomic E-state index is 12.7. The van der Waals surface area contributed by atoms with Crippen molar-refractivity contribution in [2.24, 2.45) is 5.92 Å². The summed E-state index contributed by atoms with van der Waals surface area (Å²) in [4.78, 5) is 14.8. The van der Waals surface area contributed by atoms with Gasteiger partial charge in [0.1, 0.15) is 5.69 Å². The van der Waals surface area contributed by atoms with Crippen molar-refractivity contribution in [1.82, 2.24) is 10.2 Å². The van der Waals surface area contributed by atoms with Crippen molar-refractivity contribution in [2.45, 2.75) is 12.8 Å². The maximum Gasteiger partial charge on any atom is 0.229 e. The number of nitrogens with one attached hydrogen (secondary N) is 1. The number of rotatable bonds is 4. The molecule has 4 rings (SSSR count). The fraction of sp³-hybridized carbons (Fsp3) is 0.250. The quantitative estimate of drug-likeness (QED) is 0.670. The Hall–Kier alpha value is -2.67. The van der Waals surface area contributed by atoms with E-state index in [-0.39, 0.29) is 11.8 Å². The van der Waals surface area contributed by atoms with E-state index in [1.54, 1.807) is 6.26 Å². The first kappa shape index (κ1) is 17.7. The Balaban J connectivity index is 1.42. The maximum absolute atomic E-state index is 12.7. The lowest BCUT2D eigenvalue weighted by molar-refractivity contribution is -0.120. The van der Waals surface area contributed by atoms with Gasteiger partial charge in [0.25, 0.3) is 0 Å². The summed E-state index contributed by atoms with van der Waals surface area (Å²) in [6.45, 7) is 1.50. The summed E-state index contributed by atoms with van der Waals surface area (Å²) in [5.41, 5.74) is 1.50. The van der Waals surface area contributed by atoms with E-state index in [0.29, 0.717) is 18.0 Å². The standard InChI is InChI=1S/C20H19BrN4O2/c21-15-5-1-6-16(12-15)22-20(26)14-4-2-10-25(13-14)19-9-8-17(23-24-19)18-7-3-11-27-18/h1,3,5-9,11-12,14H,2,4,10,13H2,(H,22,26). The van der Waals surface area contributed by atoms with Gasteiger partial charge >= 0.3 is 0 Å². The van der Waals surface area contributed by atoms with E-state index in [2.05, 4.69) is 36.3 Å². The zero-order valence-corrected chi connectivity index (χ0v) is 16.2. The molecule has 0 saturated carbocycles. The van der Waals surface area contributed by atoms with E-state index in [4.69, 9.17) is 4.42 Å². The number of hydrogen-bond donors (Lipinski definition) is 1. The van der Waals surface area contributed by atoms with Gasteiger partial charge in [0.15, 0.2) is 11.6 Å². The van der Waals surface area contributed by atoms with Crippen LogP contribution in [0, 0.1) is 5.92 Å². The van der Waals surface area contributed by atoms with Gasteiger partial charge in [-0.25, -0.2) is 0 Å². The number of amides is 1. The van der Waals surface area contributed by atoms with Crippen LogP contribution >= 0.6 is 15.9 Å². The molecule has 2 aromatic heterocycles. The Morgan fingerprint density at radius 3 is 2.85 bits per heavy atom. The van der Waals surface area contributed by atoms with Gasteiger partial charge in [-0.05, 0) is 55.3 Å². The molecule has 1 aliphatic heterocycles. The summed E-state index contributed by atoms with van der Waals surface area (Å²) in [6.07, 6.45) is 3.43. The fourth-order valence-electron chi connectivity index (χ4n) is 3.26. The number of hydrogen-bond acceptors (Lipinski definition) is 5. The van der Waals surface area contributed by atoms with Crippen molar-refractivity contribution in [3.8, 4) is 11.5 Å². The van der Waals surface area contributed by atoms with Crippen molar-refractivity contribution >= 4 is 33.3 Å². The monoisotopic (exact) mass is 426 g/mol. The SMILES string of the molecule is O=C(Nc1cccc(Br)c1)C1CCCN(c2ccc(-c3ccco3)nn2)C1. The van der Waals surface area contributed by atoms with Crippen LogP contribution in [0.3, 0.4) is 0 Å². The molecule has 1 unspecified atom stereocenters. The van der Waals surface area contributed by atoms with Gasteiger partial charge in [0.05, 0.1) is 12.2 Å². The van der Waals surface area contributed by atoms with Crippen LogP contribution in [-0.4, -0.2) is 29.2 Å². The molecule has 1 aromatic carbocycles. The normalized spacial score (nSPS) is 16.9. The zero-order valence-electron chi connectivity index (χ0n) is 14.6. The molecule has 0 aliphatic carbocycles. The predicted molar refractivity (Wildman–Crippen MR) is 107 cm³/mol. The van der Waals surface area contributed by atoms with Crippen LogP contribution in [0.2, 0.25) is 0 Å². The number of anilines is 2. The third kappa shape index (κ3) is 4.19. The van der Waals surface area contributed by atoms with Crippen LogP contribution < -0.4 is 10.2 Å². The average molecular weight is 427 g/mol. The van der Waals surface area contributed by atoms with E-state index >= 15 is 0 Å². The molecule has 27 heavy (non-hydrogen) atoms. The van der Waals surface area contributed by atoms with Gasteiger partial charge < -0.3 is 14.6 Å². The molecule has 1 fully saturated rings. The Morgan fingerprint density at radius 1 is 1.19 bits per heavy atom. The predicted octanol–water partition coefficient (Wildman–Crippen LogP) is 4.35. The van der Waals surface area contributed by atoms with E-state index < -0.39 is 0 Å².